The molecule has 1 aromatic rings. The number of nitrogens with zero attached hydrogens (tertiary/aromatic N) is 3. The Morgan fingerprint density at radius 3 is 2.94 bits per heavy atom. The van der Waals surface area contributed by atoms with Crippen LogP contribution in [0.25, 0.3) is 0 Å². The van der Waals surface area contributed by atoms with Gasteiger partial charge in [0.1, 0.15) is 16.9 Å². The van der Waals surface area contributed by atoms with E-state index in [1.54, 1.807) is 0 Å². The number of hydrogen-bond donors (Lipinski definition) is 1. The Morgan fingerprint density at radius 2 is 2.39 bits per heavy atom. The molecule has 0 saturated carbocycles. The summed E-state index contributed by atoms with van der Waals surface area (Å²) in [6.07, 6.45) is 1.68. The van der Waals surface area contributed by atoms with Crippen LogP contribution < -0.4 is 5.73 Å². The maximum Gasteiger partial charge on any atom is 0.300 e. The number of aromatic nitrogens is 1. The molecule has 1 amide bonds. The van der Waals surface area contributed by atoms with Crippen LogP contribution >= 0.6 is 11.6 Å². The second kappa shape index (κ2) is 4.87. The highest BCUT2D eigenvalue weighted by atomic mass is 35.5. The van der Waals surface area contributed by atoms with Crippen molar-refractivity contribution in [3.05, 3.63) is 33.1 Å². The minimum atomic E-state index is -0.646. The normalized spacial score (nSPS) is 19.0. The highest BCUT2D eigenvalue weighted by molar-refractivity contribution is 6.29. The quantitative estimate of drug-likeness (QED) is 0.487. The zero-order chi connectivity index (χ0) is 13.3. The van der Waals surface area contributed by atoms with Crippen molar-refractivity contribution in [1.29, 1.82) is 0 Å². The molecule has 1 atom stereocenters. The zero-order valence-corrected chi connectivity index (χ0v) is 10.1. The van der Waals surface area contributed by atoms with Crippen molar-refractivity contribution >= 4 is 23.2 Å². The Labute approximate surface area is 108 Å². The summed E-state index contributed by atoms with van der Waals surface area (Å²) in [5.41, 5.74) is 5.31. The third-order valence-electron chi connectivity index (χ3n) is 2.79. The first kappa shape index (κ1) is 12.7. The monoisotopic (exact) mass is 270 g/mol. The van der Waals surface area contributed by atoms with Gasteiger partial charge in [0.25, 0.3) is 11.6 Å². The van der Waals surface area contributed by atoms with Gasteiger partial charge >= 0.3 is 0 Å². The molecule has 0 bridgehead atoms. The SMILES string of the molecule is N[C@H]1CCN(C(=O)c2cc(Cl)ncc2[N+](=O)[O-])C1. The smallest absolute Gasteiger partial charge is 0.300 e. The summed E-state index contributed by atoms with van der Waals surface area (Å²) in [7, 11) is 0. The van der Waals surface area contributed by atoms with Gasteiger partial charge in [-0.2, -0.15) is 0 Å². The van der Waals surface area contributed by atoms with E-state index in [1.165, 1.54) is 11.0 Å². The largest absolute Gasteiger partial charge is 0.337 e. The summed E-state index contributed by atoms with van der Waals surface area (Å²) in [6, 6.07) is 1.14. The first-order chi connectivity index (χ1) is 8.49. The molecule has 1 aliphatic heterocycles. The maximum atomic E-state index is 12.1. The van der Waals surface area contributed by atoms with Gasteiger partial charge in [-0.15, -0.1) is 0 Å². The van der Waals surface area contributed by atoms with Gasteiger partial charge < -0.3 is 10.6 Å². The molecule has 96 valence electrons. The van der Waals surface area contributed by atoms with E-state index >= 15 is 0 Å². The van der Waals surface area contributed by atoms with Crippen LogP contribution in [-0.4, -0.2) is 39.8 Å². The Morgan fingerprint density at radius 1 is 1.67 bits per heavy atom. The third-order valence-corrected chi connectivity index (χ3v) is 3.00. The first-order valence-corrected chi connectivity index (χ1v) is 5.71. The fourth-order valence-electron chi connectivity index (χ4n) is 1.88. The van der Waals surface area contributed by atoms with E-state index in [-0.39, 0.29) is 22.4 Å². The maximum absolute atomic E-state index is 12.1. The van der Waals surface area contributed by atoms with E-state index in [0.717, 1.165) is 6.20 Å². The molecular weight excluding hydrogens is 260 g/mol. The van der Waals surface area contributed by atoms with Gasteiger partial charge in [-0.25, -0.2) is 4.98 Å². The van der Waals surface area contributed by atoms with E-state index in [0.29, 0.717) is 19.5 Å². The molecule has 18 heavy (non-hydrogen) atoms. The van der Waals surface area contributed by atoms with Crippen molar-refractivity contribution in [3.63, 3.8) is 0 Å². The van der Waals surface area contributed by atoms with E-state index in [4.69, 9.17) is 17.3 Å². The topological polar surface area (TPSA) is 102 Å². The van der Waals surface area contributed by atoms with Crippen LogP contribution in [0.3, 0.4) is 0 Å². The molecule has 2 rings (SSSR count). The number of hydrogen-bond acceptors (Lipinski definition) is 5. The Kier molecular flexibility index (Phi) is 3.44. The van der Waals surface area contributed by atoms with Crippen LogP contribution in [-0.2, 0) is 0 Å². The van der Waals surface area contributed by atoms with Crippen molar-refractivity contribution in [3.8, 4) is 0 Å². The van der Waals surface area contributed by atoms with Crippen LogP contribution in [0.1, 0.15) is 16.8 Å². The molecule has 0 aliphatic carbocycles. The number of likely N-dealkylation sites (tertiary alicyclic amines) is 1. The lowest BCUT2D eigenvalue weighted by atomic mass is 10.2. The average Bonchev–Trinajstić information content (AvgIpc) is 2.74. The molecule has 0 spiro atoms. The number of amides is 1. The molecule has 1 aliphatic rings. The van der Waals surface area contributed by atoms with Gasteiger partial charge in [0.05, 0.1) is 4.92 Å². The molecule has 8 heteroatoms. The van der Waals surface area contributed by atoms with Gasteiger partial charge in [-0.1, -0.05) is 11.6 Å². The summed E-state index contributed by atoms with van der Waals surface area (Å²) in [6.45, 7) is 0.896. The number of carbonyl (C=O) groups excluding carboxylic acids is 1. The number of halogens is 1. The molecular formula is C10H11ClN4O3. The molecule has 0 aromatic carbocycles. The molecule has 0 radical (unpaired) electrons. The van der Waals surface area contributed by atoms with Crippen LogP contribution in [0.4, 0.5) is 5.69 Å². The lowest BCUT2D eigenvalue weighted by Gasteiger charge is -2.15. The minimum absolute atomic E-state index is 0.0471. The summed E-state index contributed by atoms with van der Waals surface area (Å²) >= 11 is 5.67. The Balaban J connectivity index is 2.34. The van der Waals surface area contributed by atoms with E-state index < -0.39 is 10.8 Å². The van der Waals surface area contributed by atoms with Crippen molar-refractivity contribution in [2.45, 2.75) is 12.5 Å². The lowest BCUT2D eigenvalue weighted by Crippen LogP contribution is -2.32. The zero-order valence-electron chi connectivity index (χ0n) is 9.38. The van der Waals surface area contributed by atoms with Crippen molar-refractivity contribution in [2.75, 3.05) is 13.1 Å². The van der Waals surface area contributed by atoms with Crippen LogP contribution in [0.15, 0.2) is 12.3 Å². The second-order valence-electron chi connectivity index (χ2n) is 4.08. The minimum Gasteiger partial charge on any atom is -0.337 e. The van der Waals surface area contributed by atoms with Crippen molar-refractivity contribution in [1.82, 2.24) is 9.88 Å². The molecule has 2 N–H and O–H groups in total. The molecule has 1 aromatic heterocycles. The fraction of sp³-hybridized carbons (Fsp3) is 0.400. The van der Waals surface area contributed by atoms with E-state index in [9.17, 15) is 14.9 Å². The molecule has 7 nitrogen and oxygen atoms in total. The Hall–Kier alpha value is -1.73. The molecule has 0 unspecified atom stereocenters. The second-order valence-corrected chi connectivity index (χ2v) is 4.47. The Bertz CT molecular complexity index is 508. The fourth-order valence-corrected chi connectivity index (χ4v) is 2.04. The molecule has 2 heterocycles. The number of nitro groups is 1. The van der Waals surface area contributed by atoms with Crippen molar-refractivity contribution < 1.29 is 9.72 Å². The van der Waals surface area contributed by atoms with E-state index in [1.807, 2.05) is 0 Å². The highest BCUT2D eigenvalue weighted by Gasteiger charge is 2.29. The number of nitrogens with two attached hydrogens (primary N) is 1. The van der Waals surface area contributed by atoms with Crippen LogP contribution in [0, 0.1) is 10.1 Å². The van der Waals surface area contributed by atoms with Gasteiger partial charge in [-0.05, 0) is 12.5 Å². The average molecular weight is 271 g/mol. The standard InChI is InChI=1S/C10H11ClN4O3/c11-9-3-7(8(4-13-9)15(17)18)10(16)14-2-1-6(12)5-14/h3-4,6H,1-2,5,12H2/t6-/m0/s1. The summed E-state index contributed by atoms with van der Waals surface area (Å²) in [5.74, 6) is -0.432. The summed E-state index contributed by atoms with van der Waals surface area (Å²) in [5, 5.41) is 10.9. The summed E-state index contributed by atoms with van der Waals surface area (Å²) < 4.78 is 0. The predicted octanol–water partition coefficient (Wildman–Crippen LogP) is 0.816. The van der Waals surface area contributed by atoms with Crippen LogP contribution in [0.2, 0.25) is 5.15 Å². The first-order valence-electron chi connectivity index (χ1n) is 5.34. The molecule has 1 fully saturated rings. The number of rotatable bonds is 2. The highest BCUT2D eigenvalue weighted by Crippen LogP contribution is 2.23. The van der Waals surface area contributed by atoms with Gasteiger partial charge in [-0.3, -0.25) is 14.9 Å². The summed E-state index contributed by atoms with van der Waals surface area (Å²) in [4.78, 5) is 27.4. The third kappa shape index (κ3) is 2.41. The number of carbonyl (C=O) groups is 1. The predicted molar refractivity (Wildman–Crippen MR) is 64.4 cm³/mol. The van der Waals surface area contributed by atoms with Gasteiger partial charge in [0, 0.05) is 19.1 Å². The van der Waals surface area contributed by atoms with Gasteiger partial charge in [0.2, 0.25) is 0 Å². The van der Waals surface area contributed by atoms with Gasteiger partial charge in [0.15, 0.2) is 0 Å². The lowest BCUT2D eigenvalue weighted by molar-refractivity contribution is -0.385. The molecule has 1 saturated heterocycles. The van der Waals surface area contributed by atoms with Crippen LogP contribution in [0.5, 0.6) is 0 Å². The van der Waals surface area contributed by atoms with Crippen molar-refractivity contribution in [2.24, 2.45) is 5.73 Å². The van der Waals surface area contributed by atoms with E-state index in [2.05, 4.69) is 4.98 Å². The number of pyridine rings is 1.